The Bertz CT molecular complexity index is 740. The Kier molecular flexibility index (Phi) is 4.43. The second-order valence-electron chi connectivity index (χ2n) is 4.52. The molecule has 1 N–H and O–H groups in total. The SMILES string of the molecule is CNCc1sc(-c2ncccc2Br)nc1-c1ccccc1. The molecule has 0 aliphatic heterocycles. The Hall–Kier alpha value is -1.56. The summed E-state index contributed by atoms with van der Waals surface area (Å²) in [4.78, 5) is 10.5. The van der Waals surface area contributed by atoms with Gasteiger partial charge in [0.2, 0.25) is 0 Å². The van der Waals surface area contributed by atoms with E-state index in [0.29, 0.717) is 0 Å². The monoisotopic (exact) mass is 359 g/mol. The zero-order valence-electron chi connectivity index (χ0n) is 11.5. The van der Waals surface area contributed by atoms with E-state index in [1.54, 1.807) is 17.5 Å². The van der Waals surface area contributed by atoms with Gasteiger partial charge in [-0.1, -0.05) is 30.3 Å². The lowest BCUT2D eigenvalue weighted by Gasteiger charge is -2.00. The fourth-order valence-electron chi connectivity index (χ4n) is 2.10. The van der Waals surface area contributed by atoms with Gasteiger partial charge in [-0.2, -0.15) is 0 Å². The molecule has 2 aromatic heterocycles. The molecular formula is C16H14BrN3S. The molecule has 21 heavy (non-hydrogen) atoms. The first-order chi connectivity index (χ1) is 10.3. The Morgan fingerprint density at radius 2 is 1.90 bits per heavy atom. The minimum absolute atomic E-state index is 0.798. The van der Waals surface area contributed by atoms with Gasteiger partial charge in [0.1, 0.15) is 10.7 Å². The van der Waals surface area contributed by atoms with E-state index in [9.17, 15) is 0 Å². The quantitative estimate of drug-likeness (QED) is 0.752. The third-order valence-electron chi connectivity index (χ3n) is 3.04. The maximum absolute atomic E-state index is 4.82. The van der Waals surface area contributed by atoms with E-state index in [2.05, 4.69) is 38.4 Å². The van der Waals surface area contributed by atoms with Crippen LogP contribution in [0.2, 0.25) is 0 Å². The Morgan fingerprint density at radius 3 is 2.62 bits per heavy atom. The topological polar surface area (TPSA) is 37.8 Å². The standard InChI is InChI=1S/C16H14BrN3S/c1-18-10-13-14(11-6-3-2-4-7-11)20-16(21-13)15-12(17)8-5-9-19-15/h2-9,18H,10H2,1H3. The molecule has 0 aliphatic rings. The summed E-state index contributed by atoms with van der Waals surface area (Å²) < 4.78 is 0.967. The number of nitrogens with one attached hydrogen (secondary N) is 1. The van der Waals surface area contributed by atoms with Crippen LogP contribution in [0.3, 0.4) is 0 Å². The highest BCUT2D eigenvalue weighted by Crippen LogP contribution is 2.35. The lowest BCUT2D eigenvalue weighted by molar-refractivity contribution is 0.831. The number of halogens is 1. The summed E-state index contributed by atoms with van der Waals surface area (Å²) in [5, 5.41) is 4.15. The van der Waals surface area contributed by atoms with Crippen molar-refractivity contribution in [1.29, 1.82) is 0 Å². The van der Waals surface area contributed by atoms with E-state index in [4.69, 9.17) is 4.98 Å². The van der Waals surface area contributed by atoms with E-state index >= 15 is 0 Å². The van der Waals surface area contributed by atoms with Crippen LogP contribution in [0.5, 0.6) is 0 Å². The van der Waals surface area contributed by atoms with Gasteiger partial charge in [-0.15, -0.1) is 11.3 Å². The first-order valence-corrected chi connectivity index (χ1v) is 8.21. The first-order valence-electron chi connectivity index (χ1n) is 6.60. The average molecular weight is 360 g/mol. The van der Waals surface area contributed by atoms with E-state index in [1.165, 1.54) is 4.88 Å². The molecule has 0 bridgehead atoms. The van der Waals surface area contributed by atoms with Crippen molar-refractivity contribution in [3.05, 3.63) is 58.0 Å². The molecule has 0 saturated heterocycles. The summed E-state index contributed by atoms with van der Waals surface area (Å²) in [5.41, 5.74) is 3.06. The van der Waals surface area contributed by atoms with Crippen molar-refractivity contribution < 1.29 is 0 Å². The molecule has 3 aromatic rings. The van der Waals surface area contributed by atoms with Crippen LogP contribution in [0.15, 0.2) is 53.1 Å². The molecule has 0 amide bonds. The Morgan fingerprint density at radius 1 is 1.10 bits per heavy atom. The van der Waals surface area contributed by atoms with Crippen molar-refractivity contribution in [3.63, 3.8) is 0 Å². The molecule has 0 atom stereocenters. The van der Waals surface area contributed by atoms with Crippen LogP contribution in [0.1, 0.15) is 4.88 Å². The van der Waals surface area contributed by atoms with Crippen LogP contribution in [-0.2, 0) is 6.54 Å². The van der Waals surface area contributed by atoms with Crippen LogP contribution >= 0.6 is 27.3 Å². The third-order valence-corrected chi connectivity index (χ3v) is 4.74. The molecule has 0 aliphatic carbocycles. The number of hydrogen-bond donors (Lipinski definition) is 1. The zero-order chi connectivity index (χ0) is 14.7. The normalized spacial score (nSPS) is 10.8. The van der Waals surface area contributed by atoms with Gasteiger partial charge < -0.3 is 5.32 Å². The van der Waals surface area contributed by atoms with Gasteiger partial charge in [-0.05, 0) is 35.1 Å². The zero-order valence-corrected chi connectivity index (χ0v) is 13.9. The minimum Gasteiger partial charge on any atom is -0.315 e. The fraction of sp³-hybridized carbons (Fsp3) is 0.125. The molecule has 106 valence electrons. The molecule has 0 spiro atoms. The van der Waals surface area contributed by atoms with E-state index in [1.807, 2.05) is 37.4 Å². The van der Waals surface area contributed by atoms with Crippen LogP contribution in [0.4, 0.5) is 0 Å². The van der Waals surface area contributed by atoms with Crippen molar-refractivity contribution in [1.82, 2.24) is 15.3 Å². The van der Waals surface area contributed by atoms with Crippen LogP contribution in [0, 0.1) is 0 Å². The summed E-state index contributed by atoms with van der Waals surface area (Å²) >= 11 is 5.23. The van der Waals surface area contributed by atoms with Gasteiger partial charge in [-0.3, -0.25) is 4.98 Å². The number of rotatable bonds is 4. The highest BCUT2D eigenvalue weighted by atomic mass is 79.9. The summed E-state index contributed by atoms with van der Waals surface area (Å²) in [7, 11) is 1.95. The fourth-order valence-corrected chi connectivity index (χ4v) is 3.78. The average Bonchev–Trinajstić information content (AvgIpc) is 2.93. The van der Waals surface area contributed by atoms with Crippen molar-refractivity contribution >= 4 is 27.3 Å². The molecule has 5 heteroatoms. The number of thiazole rings is 1. The van der Waals surface area contributed by atoms with E-state index < -0.39 is 0 Å². The molecule has 3 nitrogen and oxygen atoms in total. The molecule has 0 unspecified atom stereocenters. The van der Waals surface area contributed by atoms with Gasteiger partial charge in [0, 0.05) is 27.7 Å². The molecular weight excluding hydrogens is 346 g/mol. The molecule has 0 saturated carbocycles. The summed E-state index contributed by atoms with van der Waals surface area (Å²) in [5.74, 6) is 0. The summed E-state index contributed by atoms with van der Waals surface area (Å²) in [6.07, 6.45) is 1.79. The van der Waals surface area contributed by atoms with Gasteiger partial charge in [0.25, 0.3) is 0 Å². The second kappa shape index (κ2) is 6.47. The molecule has 1 aromatic carbocycles. The van der Waals surface area contributed by atoms with Gasteiger partial charge in [-0.25, -0.2) is 4.98 Å². The molecule has 2 heterocycles. The van der Waals surface area contributed by atoms with Gasteiger partial charge >= 0.3 is 0 Å². The molecule has 0 fully saturated rings. The predicted octanol–water partition coefficient (Wildman–Crippen LogP) is 4.35. The number of aromatic nitrogens is 2. The molecule has 0 radical (unpaired) electrons. The number of pyridine rings is 1. The van der Waals surface area contributed by atoms with Crippen molar-refractivity contribution in [2.45, 2.75) is 6.54 Å². The van der Waals surface area contributed by atoms with Crippen molar-refractivity contribution in [2.75, 3.05) is 7.05 Å². The number of nitrogens with zero attached hydrogens (tertiary/aromatic N) is 2. The Balaban J connectivity index is 2.11. The molecule has 3 rings (SSSR count). The second-order valence-corrected chi connectivity index (χ2v) is 6.46. The largest absolute Gasteiger partial charge is 0.315 e. The highest BCUT2D eigenvalue weighted by molar-refractivity contribution is 9.10. The maximum atomic E-state index is 4.82. The van der Waals surface area contributed by atoms with E-state index in [-0.39, 0.29) is 0 Å². The summed E-state index contributed by atoms with van der Waals surface area (Å²) in [6.45, 7) is 0.798. The lowest BCUT2D eigenvalue weighted by Crippen LogP contribution is -2.04. The maximum Gasteiger partial charge on any atom is 0.144 e. The van der Waals surface area contributed by atoms with Crippen LogP contribution in [-0.4, -0.2) is 17.0 Å². The number of hydrogen-bond acceptors (Lipinski definition) is 4. The Labute approximate surface area is 136 Å². The smallest absolute Gasteiger partial charge is 0.144 e. The lowest BCUT2D eigenvalue weighted by atomic mass is 10.1. The predicted molar refractivity (Wildman–Crippen MR) is 91.2 cm³/mol. The van der Waals surface area contributed by atoms with Gasteiger partial charge in [0.05, 0.1) is 5.69 Å². The van der Waals surface area contributed by atoms with Crippen LogP contribution < -0.4 is 5.32 Å². The minimum atomic E-state index is 0.798. The van der Waals surface area contributed by atoms with Gasteiger partial charge in [0.15, 0.2) is 0 Å². The van der Waals surface area contributed by atoms with Crippen molar-refractivity contribution in [3.8, 4) is 22.0 Å². The summed E-state index contributed by atoms with van der Waals surface area (Å²) in [6, 6.07) is 14.2. The number of benzene rings is 1. The first kappa shape index (κ1) is 14.4. The third kappa shape index (κ3) is 3.05. The van der Waals surface area contributed by atoms with Crippen LogP contribution in [0.25, 0.3) is 22.0 Å². The van der Waals surface area contributed by atoms with E-state index in [0.717, 1.165) is 33.0 Å². The highest BCUT2D eigenvalue weighted by Gasteiger charge is 2.15. The van der Waals surface area contributed by atoms with Crippen molar-refractivity contribution in [2.24, 2.45) is 0 Å².